The van der Waals surface area contributed by atoms with Crippen LogP contribution in [0, 0.1) is 31.6 Å². The molecule has 26 heavy (non-hydrogen) atoms. The van der Waals surface area contributed by atoms with Crippen LogP contribution in [0.1, 0.15) is 73.2 Å². The standard InChI is InChI=1S/C21H30N2O3/c1-12-8-19(14(3)23(12)17-6-7-17)21(25)26-11-20(24)22-13(2)18-10-15-4-5-16(18)9-15/h8,13,15-18H,4-7,9-11H2,1-3H3,(H,22,24). The monoisotopic (exact) mass is 358 g/mol. The predicted octanol–water partition coefficient (Wildman–Crippen LogP) is 3.54. The molecule has 0 spiro atoms. The van der Waals surface area contributed by atoms with Gasteiger partial charge < -0.3 is 14.6 Å². The number of hydrogen-bond donors (Lipinski definition) is 1. The van der Waals surface area contributed by atoms with Crippen LogP contribution in [0.3, 0.4) is 0 Å². The molecule has 4 rings (SSSR count). The van der Waals surface area contributed by atoms with Crippen LogP contribution >= 0.6 is 0 Å². The molecular formula is C21H30N2O3. The first-order valence-electron chi connectivity index (χ1n) is 10.1. The van der Waals surface area contributed by atoms with Crippen molar-refractivity contribution in [1.82, 2.24) is 9.88 Å². The predicted molar refractivity (Wildman–Crippen MR) is 99.0 cm³/mol. The molecular weight excluding hydrogens is 328 g/mol. The number of rotatable bonds is 6. The van der Waals surface area contributed by atoms with Gasteiger partial charge in [0.2, 0.25) is 0 Å². The Hall–Kier alpha value is -1.78. The molecule has 1 N–H and O–H groups in total. The fraction of sp³-hybridized carbons (Fsp3) is 0.714. The number of ether oxygens (including phenoxy) is 1. The van der Waals surface area contributed by atoms with E-state index < -0.39 is 5.97 Å². The van der Waals surface area contributed by atoms with Crippen LogP contribution in [-0.2, 0) is 9.53 Å². The second-order valence-electron chi connectivity index (χ2n) is 8.66. The third kappa shape index (κ3) is 3.28. The van der Waals surface area contributed by atoms with Gasteiger partial charge in [-0.15, -0.1) is 0 Å². The van der Waals surface area contributed by atoms with Gasteiger partial charge >= 0.3 is 5.97 Å². The van der Waals surface area contributed by atoms with E-state index in [2.05, 4.69) is 16.8 Å². The quantitative estimate of drug-likeness (QED) is 0.791. The van der Waals surface area contributed by atoms with Crippen LogP contribution in [0.2, 0.25) is 0 Å². The van der Waals surface area contributed by atoms with Crippen molar-refractivity contribution in [2.75, 3.05) is 6.61 Å². The van der Waals surface area contributed by atoms with Crippen molar-refractivity contribution in [2.45, 2.75) is 71.4 Å². The van der Waals surface area contributed by atoms with E-state index in [0.717, 1.165) is 23.2 Å². The third-order valence-corrected chi connectivity index (χ3v) is 6.77. The number of esters is 1. The third-order valence-electron chi connectivity index (χ3n) is 6.77. The average Bonchev–Trinajstić information content (AvgIpc) is 3.08. The Kier molecular flexibility index (Phi) is 4.57. The molecule has 3 aliphatic rings. The zero-order valence-corrected chi connectivity index (χ0v) is 16.1. The van der Waals surface area contributed by atoms with Crippen molar-refractivity contribution in [2.24, 2.45) is 17.8 Å². The Labute approximate surface area is 155 Å². The summed E-state index contributed by atoms with van der Waals surface area (Å²) >= 11 is 0. The number of aryl methyl sites for hydroxylation is 1. The van der Waals surface area contributed by atoms with Gasteiger partial charge in [-0.05, 0) is 76.7 Å². The van der Waals surface area contributed by atoms with Crippen molar-refractivity contribution in [1.29, 1.82) is 0 Å². The largest absolute Gasteiger partial charge is 0.452 e. The van der Waals surface area contributed by atoms with Gasteiger partial charge in [0.1, 0.15) is 0 Å². The van der Waals surface area contributed by atoms with Gasteiger partial charge in [-0.1, -0.05) is 6.42 Å². The Balaban J connectivity index is 1.29. The van der Waals surface area contributed by atoms with Crippen LogP contribution in [0.15, 0.2) is 6.07 Å². The summed E-state index contributed by atoms with van der Waals surface area (Å²) in [6, 6.07) is 2.57. The lowest BCUT2D eigenvalue weighted by atomic mass is 9.84. The SMILES string of the molecule is Cc1cc(C(=O)OCC(=O)NC(C)C2CC3CCC2C3)c(C)n1C1CC1. The number of carbonyl (C=O) groups excluding carboxylic acids is 2. The van der Waals surface area contributed by atoms with Gasteiger partial charge in [-0.2, -0.15) is 0 Å². The first-order chi connectivity index (χ1) is 12.4. The molecule has 0 radical (unpaired) electrons. The van der Waals surface area contributed by atoms with Gasteiger partial charge in [-0.3, -0.25) is 4.79 Å². The Morgan fingerprint density at radius 1 is 1.23 bits per heavy atom. The summed E-state index contributed by atoms with van der Waals surface area (Å²) in [7, 11) is 0. The highest BCUT2D eigenvalue weighted by Gasteiger charge is 2.42. The summed E-state index contributed by atoms with van der Waals surface area (Å²) in [5, 5.41) is 3.05. The molecule has 1 aromatic rings. The van der Waals surface area contributed by atoms with E-state index in [-0.39, 0.29) is 18.6 Å². The Morgan fingerprint density at radius 3 is 2.62 bits per heavy atom. The lowest BCUT2D eigenvalue weighted by Crippen LogP contribution is -2.42. The summed E-state index contributed by atoms with van der Waals surface area (Å²) in [6.07, 6.45) is 7.58. The van der Waals surface area contributed by atoms with Crippen LogP contribution in [0.25, 0.3) is 0 Å². The summed E-state index contributed by atoms with van der Waals surface area (Å²) in [5.74, 6) is 1.64. The number of fused-ring (bicyclic) bond motifs is 2. The van der Waals surface area contributed by atoms with Gasteiger partial charge in [0.15, 0.2) is 6.61 Å². The molecule has 4 atom stereocenters. The fourth-order valence-corrected chi connectivity index (χ4v) is 5.40. The molecule has 1 amide bonds. The van der Waals surface area contributed by atoms with Crippen LogP contribution in [0.5, 0.6) is 0 Å². The first-order valence-corrected chi connectivity index (χ1v) is 10.1. The normalized spacial score (nSPS) is 28.2. The summed E-state index contributed by atoms with van der Waals surface area (Å²) < 4.78 is 7.52. The van der Waals surface area contributed by atoms with E-state index in [1.54, 1.807) is 0 Å². The number of carbonyl (C=O) groups is 2. The fourth-order valence-electron chi connectivity index (χ4n) is 5.40. The molecule has 3 aliphatic carbocycles. The van der Waals surface area contributed by atoms with Crippen molar-refractivity contribution < 1.29 is 14.3 Å². The van der Waals surface area contributed by atoms with Crippen molar-refractivity contribution in [3.05, 3.63) is 23.0 Å². The summed E-state index contributed by atoms with van der Waals surface area (Å²) in [4.78, 5) is 24.6. The minimum Gasteiger partial charge on any atom is -0.452 e. The lowest BCUT2D eigenvalue weighted by molar-refractivity contribution is -0.125. The van der Waals surface area contributed by atoms with Crippen molar-refractivity contribution in [3.8, 4) is 0 Å². The lowest BCUT2D eigenvalue weighted by Gasteiger charge is -2.28. The zero-order valence-electron chi connectivity index (χ0n) is 16.1. The second-order valence-corrected chi connectivity index (χ2v) is 8.66. The van der Waals surface area contributed by atoms with E-state index in [4.69, 9.17) is 4.74 Å². The first kappa shape index (κ1) is 17.6. The minimum absolute atomic E-state index is 0.163. The molecule has 3 saturated carbocycles. The Morgan fingerprint density at radius 2 is 2.00 bits per heavy atom. The highest BCUT2D eigenvalue weighted by atomic mass is 16.5. The van der Waals surface area contributed by atoms with Crippen LogP contribution < -0.4 is 5.32 Å². The molecule has 4 unspecified atom stereocenters. The molecule has 2 bridgehead atoms. The van der Waals surface area contributed by atoms with Gasteiger partial charge in [0, 0.05) is 23.5 Å². The molecule has 5 heteroatoms. The number of nitrogens with zero attached hydrogens (tertiary/aromatic N) is 1. The second kappa shape index (κ2) is 6.75. The molecule has 1 heterocycles. The maximum absolute atomic E-state index is 12.4. The van der Waals surface area contributed by atoms with Crippen LogP contribution in [0.4, 0.5) is 0 Å². The molecule has 1 aromatic heterocycles. The van der Waals surface area contributed by atoms with Gasteiger partial charge in [0.25, 0.3) is 5.91 Å². The van der Waals surface area contributed by atoms with Crippen molar-refractivity contribution in [3.63, 3.8) is 0 Å². The Bertz CT molecular complexity index is 719. The number of aromatic nitrogens is 1. The zero-order chi connectivity index (χ0) is 18.4. The van der Waals surface area contributed by atoms with E-state index in [1.165, 1.54) is 38.5 Å². The van der Waals surface area contributed by atoms with E-state index in [0.29, 0.717) is 17.5 Å². The smallest absolute Gasteiger partial charge is 0.340 e. The maximum Gasteiger partial charge on any atom is 0.340 e. The highest BCUT2D eigenvalue weighted by Crippen LogP contribution is 2.49. The van der Waals surface area contributed by atoms with Crippen molar-refractivity contribution >= 4 is 11.9 Å². The topological polar surface area (TPSA) is 60.3 Å². The average molecular weight is 358 g/mol. The molecule has 0 aromatic carbocycles. The molecule has 5 nitrogen and oxygen atoms in total. The molecule has 0 aliphatic heterocycles. The maximum atomic E-state index is 12.4. The number of nitrogens with one attached hydrogen (secondary N) is 1. The van der Waals surface area contributed by atoms with E-state index >= 15 is 0 Å². The van der Waals surface area contributed by atoms with Gasteiger partial charge in [0.05, 0.1) is 5.56 Å². The summed E-state index contributed by atoms with van der Waals surface area (Å²) in [5.41, 5.74) is 2.63. The summed E-state index contributed by atoms with van der Waals surface area (Å²) in [6.45, 7) is 5.87. The molecule has 142 valence electrons. The molecule has 0 saturated heterocycles. The molecule has 3 fully saturated rings. The number of amides is 1. The minimum atomic E-state index is -0.396. The highest BCUT2D eigenvalue weighted by molar-refractivity contribution is 5.92. The van der Waals surface area contributed by atoms with E-state index in [9.17, 15) is 9.59 Å². The number of hydrogen-bond acceptors (Lipinski definition) is 3. The van der Waals surface area contributed by atoms with E-state index in [1.807, 2.05) is 19.9 Å². The van der Waals surface area contributed by atoms with Gasteiger partial charge in [-0.25, -0.2) is 4.79 Å². The van der Waals surface area contributed by atoms with Crippen LogP contribution in [-0.4, -0.2) is 29.1 Å².